The molecule has 2 atom stereocenters. The van der Waals surface area contributed by atoms with Crippen LogP contribution in [0.5, 0.6) is 5.75 Å². The van der Waals surface area contributed by atoms with Crippen LogP contribution in [0.25, 0.3) is 0 Å². The van der Waals surface area contributed by atoms with Crippen molar-refractivity contribution in [2.24, 2.45) is 5.92 Å². The van der Waals surface area contributed by atoms with E-state index in [1.807, 2.05) is 12.1 Å². The number of rotatable bonds is 5. The Balaban J connectivity index is 2.13. The molecular formula is C16H23NO3. The van der Waals surface area contributed by atoms with Crippen molar-refractivity contribution in [3.05, 3.63) is 29.3 Å². The molecule has 1 aliphatic carbocycles. The Morgan fingerprint density at radius 3 is 2.90 bits per heavy atom. The molecule has 4 nitrogen and oxygen atoms in total. The molecule has 2 rings (SSSR count). The molecule has 20 heavy (non-hydrogen) atoms. The van der Waals surface area contributed by atoms with E-state index in [0.717, 1.165) is 30.4 Å². The number of hydrogen-bond acceptors (Lipinski definition) is 4. The Hall–Kier alpha value is -1.55. The van der Waals surface area contributed by atoms with E-state index in [-0.39, 0.29) is 18.1 Å². The van der Waals surface area contributed by atoms with Gasteiger partial charge in [0.1, 0.15) is 11.8 Å². The number of benzene rings is 1. The van der Waals surface area contributed by atoms with E-state index in [0.29, 0.717) is 11.7 Å². The molecule has 1 aromatic carbocycles. The second-order valence-electron chi connectivity index (χ2n) is 5.81. The zero-order valence-corrected chi connectivity index (χ0v) is 12.3. The lowest BCUT2D eigenvalue weighted by molar-refractivity contribution is -0.143. The maximum atomic E-state index is 11.9. The summed E-state index contributed by atoms with van der Waals surface area (Å²) in [4.78, 5) is 11.9. The van der Waals surface area contributed by atoms with Gasteiger partial charge in [-0.1, -0.05) is 26.0 Å². The minimum Gasteiger partial charge on any atom is -0.508 e. The largest absolute Gasteiger partial charge is 0.508 e. The second kappa shape index (κ2) is 6.27. The summed E-state index contributed by atoms with van der Waals surface area (Å²) in [5, 5.41) is 13.3. The van der Waals surface area contributed by atoms with Crippen LogP contribution in [0.3, 0.4) is 0 Å². The van der Waals surface area contributed by atoms with E-state index in [4.69, 9.17) is 4.74 Å². The number of aromatic hydroxyl groups is 1. The fourth-order valence-electron chi connectivity index (χ4n) is 2.90. The zero-order valence-electron chi connectivity index (χ0n) is 12.3. The molecule has 0 fully saturated rings. The van der Waals surface area contributed by atoms with E-state index >= 15 is 0 Å². The maximum absolute atomic E-state index is 11.9. The highest BCUT2D eigenvalue weighted by Crippen LogP contribution is 2.36. The summed E-state index contributed by atoms with van der Waals surface area (Å²) in [5.74, 6) is 0.550. The SMILES string of the molecule is COC(=O)C(CC(C)C)NC1CCc2c(O)cccc21. The Kier molecular flexibility index (Phi) is 4.65. The number of phenols is 1. The highest BCUT2D eigenvalue weighted by Gasteiger charge is 2.29. The number of hydrogen-bond donors (Lipinski definition) is 2. The summed E-state index contributed by atoms with van der Waals surface area (Å²) in [6.07, 6.45) is 2.49. The van der Waals surface area contributed by atoms with Gasteiger partial charge >= 0.3 is 5.97 Å². The number of esters is 1. The van der Waals surface area contributed by atoms with Gasteiger partial charge in [0.15, 0.2) is 0 Å². The van der Waals surface area contributed by atoms with Crippen molar-refractivity contribution < 1.29 is 14.6 Å². The second-order valence-corrected chi connectivity index (χ2v) is 5.81. The summed E-state index contributed by atoms with van der Waals surface area (Å²) in [6, 6.07) is 5.40. The van der Waals surface area contributed by atoms with Crippen LogP contribution in [0, 0.1) is 5.92 Å². The van der Waals surface area contributed by atoms with E-state index in [9.17, 15) is 9.90 Å². The first-order valence-electron chi connectivity index (χ1n) is 7.17. The van der Waals surface area contributed by atoms with Gasteiger partial charge in [0.05, 0.1) is 7.11 Å². The number of methoxy groups -OCH3 is 1. The number of phenolic OH excluding ortho intramolecular Hbond substituents is 1. The van der Waals surface area contributed by atoms with Crippen molar-refractivity contribution in [3.63, 3.8) is 0 Å². The molecule has 1 aliphatic rings. The first-order valence-corrected chi connectivity index (χ1v) is 7.17. The molecule has 0 aliphatic heterocycles. The molecule has 0 radical (unpaired) electrons. The molecule has 110 valence electrons. The molecule has 4 heteroatoms. The zero-order chi connectivity index (χ0) is 14.7. The first kappa shape index (κ1) is 14.9. The molecule has 0 saturated carbocycles. The third kappa shape index (κ3) is 3.12. The quantitative estimate of drug-likeness (QED) is 0.812. The van der Waals surface area contributed by atoms with Crippen LogP contribution in [-0.2, 0) is 16.0 Å². The third-order valence-electron chi connectivity index (χ3n) is 3.84. The molecule has 0 bridgehead atoms. The van der Waals surface area contributed by atoms with Gasteiger partial charge in [-0.15, -0.1) is 0 Å². The summed E-state index contributed by atoms with van der Waals surface area (Å²) in [6.45, 7) is 4.18. The monoisotopic (exact) mass is 277 g/mol. The Morgan fingerprint density at radius 2 is 2.25 bits per heavy atom. The number of carbonyl (C=O) groups excluding carboxylic acids is 1. The number of fused-ring (bicyclic) bond motifs is 1. The van der Waals surface area contributed by atoms with Crippen LogP contribution < -0.4 is 5.32 Å². The summed E-state index contributed by atoms with van der Waals surface area (Å²) < 4.78 is 4.88. The smallest absolute Gasteiger partial charge is 0.322 e. The minimum atomic E-state index is -0.293. The van der Waals surface area contributed by atoms with Crippen LogP contribution in [0.1, 0.15) is 43.9 Å². The number of carbonyl (C=O) groups is 1. The van der Waals surface area contributed by atoms with Crippen molar-refractivity contribution in [3.8, 4) is 5.75 Å². The molecule has 0 spiro atoms. The lowest BCUT2D eigenvalue weighted by atomic mass is 10.0. The molecule has 1 aromatic rings. The summed E-state index contributed by atoms with van der Waals surface area (Å²) >= 11 is 0. The van der Waals surface area contributed by atoms with Crippen LogP contribution in [-0.4, -0.2) is 24.2 Å². The van der Waals surface area contributed by atoms with E-state index in [1.54, 1.807) is 6.07 Å². The lowest BCUT2D eigenvalue weighted by Crippen LogP contribution is -2.40. The van der Waals surface area contributed by atoms with Crippen LogP contribution >= 0.6 is 0 Å². The molecule has 2 N–H and O–H groups in total. The van der Waals surface area contributed by atoms with Crippen LogP contribution in [0.15, 0.2) is 18.2 Å². The fourth-order valence-corrected chi connectivity index (χ4v) is 2.90. The summed E-state index contributed by atoms with van der Waals surface area (Å²) in [5.41, 5.74) is 2.10. The predicted molar refractivity (Wildman–Crippen MR) is 77.6 cm³/mol. The molecular weight excluding hydrogens is 254 g/mol. The molecule has 2 unspecified atom stereocenters. The first-order chi connectivity index (χ1) is 9.52. The molecule has 0 saturated heterocycles. The van der Waals surface area contributed by atoms with Gasteiger partial charge in [-0.2, -0.15) is 0 Å². The van der Waals surface area contributed by atoms with Crippen molar-refractivity contribution in [1.29, 1.82) is 0 Å². The number of ether oxygens (including phenoxy) is 1. The highest BCUT2D eigenvalue weighted by atomic mass is 16.5. The Morgan fingerprint density at radius 1 is 1.50 bits per heavy atom. The fraction of sp³-hybridized carbons (Fsp3) is 0.562. The van der Waals surface area contributed by atoms with Crippen LogP contribution in [0.4, 0.5) is 0 Å². The van der Waals surface area contributed by atoms with Gasteiger partial charge in [-0.25, -0.2) is 0 Å². The van der Waals surface area contributed by atoms with Crippen molar-refractivity contribution in [2.45, 2.75) is 45.2 Å². The maximum Gasteiger partial charge on any atom is 0.322 e. The van der Waals surface area contributed by atoms with Gasteiger partial charge in [0.25, 0.3) is 0 Å². The van der Waals surface area contributed by atoms with Gasteiger partial charge in [-0.05, 0) is 42.4 Å². The van der Waals surface area contributed by atoms with Gasteiger partial charge in [0.2, 0.25) is 0 Å². The van der Waals surface area contributed by atoms with Gasteiger partial charge < -0.3 is 9.84 Å². The van der Waals surface area contributed by atoms with E-state index in [1.165, 1.54) is 7.11 Å². The topological polar surface area (TPSA) is 58.6 Å². The van der Waals surface area contributed by atoms with Crippen molar-refractivity contribution >= 4 is 5.97 Å². The van der Waals surface area contributed by atoms with Gasteiger partial charge in [0, 0.05) is 6.04 Å². The predicted octanol–water partition coefficient (Wildman–Crippen LogP) is 2.56. The normalized spacial score (nSPS) is 18.9. The summed E-state index contributed by atoms with van der Waals surface area (Å²) in [7, 11) is 1.42. The molecule has 0 aromatic heterocycles. The van der Waals surface area contributed by atoms with Crippen molar-refractivity contribution in [1.82, 2.24) is 5.32 Å². The standard InChI is InChI=1S/C16H23NO3/c1-10(2)9-14(16(19)20-3)17-13-8-7-12-11(13)5-4-6-15(12)18/h4-6,10,13-14,17-18H,7-9H2,1-3H3. The molecule has 0 amide bonds. The van der Waals surface area contributed by atoms with Crippen molar-refractivity contribution in [2.75, 3.05) is 7.11 Å². The van der Waals surface area contributed by atoms with E-state index < -0.39 is 0 Å². The van der Waals surface area contributed by atoms with Gasteiger partial charge in [-0.3, -0.25) is 10.1 Å². The average Bonchev–Trinajstić information content (AvgIpc) is 2.81. The number of nitrogens with one attached hydrogen (secondary N) is 1. The Labute approximate surface area is 120 Å². The third-order valence-corrected chi connectivity index (χ3v) is 3.84. The minimum absolute atomic E-state index is 0.111. The lowest BCUT2D eigenvalue weighted by Gasteiger charge is -2.23. The highest BCUT2D eigenvalue weighted by molar-refractivity contribution is 5.75. The Bertz CT molecular complexity index is 485. The average molecular weight is 277 g/mol. The molecule has 0 heterocycles. The van der Waals surface area contributed by atoms with Crippen LogP contribution in [0.2, 0.25) is 0 Å². The van der Waals surface area contributed by atoms with E-state index in [2.05, 4.69) is 19.2 Å².